The molecule has 0 aliphatic carbocycles. The monoisotopic (exact) mass is 449 g/mol. The molecule has 164 valence electrons. The summed E-state index contributed by atoms with van der Waals surface area (Å²) in [5.41, 5.74) is 6.17. The maximum atomic E-state index is 4.68. The van der Waals surface area contributed by atoms with Gasteiger partial charge in [0.2, 0.25) is 0 Å². The van der Waals surface area contributed by atoms with Crippen molar-refractivity contribution in [1.29, 1.82) is 0 Å². The first-order valence-electron chi connectivity index (χ1n) is 11.3. The van der Waals surface area contributed by atoms with Gasteiger partial charge in [-0.1, -0.05) is 84.9 Å². The van der Waals surface area contributed by atoms with Crippen molar-refractivity contribution in [2.24, 2.45) is 0 Å². The molecule has 0 aliphatic heterocycles. The average Bonchev–Trinajstić information content (AvgIpc) is 3.19. The molecular formula is C29H27N3S. The fourth-order valence-electron chi connectivity index (χ4n) is 4.25. The Labute approximate surface area is 199 Å². The zero-order valence-electron chi connectivity index (χ0n) is 18.7. The van der Waals surface area contributed by atoms with Gasteiger partial charge >= 0.3 is 0 Å². The highest BCUT2D eigenvalue weighted by Gasteiger charge is 2.13. The molecule has 0 radical (unpaired) electrons. The Balaban J connectivity index is 1.24. The molecule has 4 heteroatoms. The minimum Gasteiger partial charge on any atom is -0.324 e. The number of nitrogens with zero attached hydrogens (tertiary/aromatic N) is 2. The van der Waals surface area contributed by atoms with Gasteiger partial charge in [-0.3, -0.25) is 4.72 Å². The van der Waals surface area contributed by atoms with Crippen LogP contribution in [0.25, 0.3) is 11.0 Å². The Hall–Kier alpha value is -3.34. The molecule has 5 aromatic rings. The lowest BCUT2D eigenvalue weighted by atomic mass is 9.92. The molecule has 33 heavy (non-hydrogen) atoms. The fourth-order valence-corrected chi connectivity index (χ4v) is 4.94. The predicted octanol–water partition coefficient (Wildman–Crippen LogP) is 6.82. The number of fused-ring (bicyclic) bond motifs is 1. The molecule has 0 aliphatic rings. The first-order chi connectivity index (χ1) is 16.3. The summed E-state index contributed by atoms with van der Waals surface area (Å²) in [6, 6.07) is 38.6. The summed E-state index contributed by atoms with van der Waals surface area (Å²) in [5, 5.41) is 0. The molecule has 4 aromatic carbocycles. The van der Waals surface area contributed by atoms with Crippen molar-refractivity contribution >= 4 is 23.0 Å². The second-order valence-corrected chi connectivity index (χ2v) is 9.17. The van der Waals surface area contributed by atoms with E-state index in [-0.39, 0.29) is 0 Å². The minimum atomic E-state index is 0.316. The van der Waals surface area contributed by atoms with Crippen LogP contribution in [0.15, 0.2) is 114 Å². The van der Waals surface area contributed by atoms with Crippen LogP contribution in [0.2, 0.25) is 0 Å². The number of nitrogens with one attached hydrogen (secondary N) is 1. The van der Waals surface area contributed by atoms with Crippen LogP contribution in [0.5, 0.6) is 0 Å². The van der Waals surface area contributed by atoms with Crippen LogP contribution in [0.1, 0.15) is 28.4 Å². The zero-order valence-corrected chi connectivity index (χ0v) is 19.5. The van der Waals surface area contributed by atoms with E-state index in [1.807, 2.05) is 6.07 Å². The summed E-state index contributed by atoms with van der Waals surface area (Å²) in [5.74, 6) is 1.36. The third-order valence-electron chi connectivity index (χ3n) is 5.99. The third kappa shape index (κ3) is 5.03. The summed E-state index contributed by atoms with van der Waals surface area (Å²) < 4.78 is 5.88. The average molecular weight is 450 g/mol. The summed E-state index contributed by atoms with van der Waals surface area (Å²) >= 11 is 1.69. The van der Waals surface area contributed by atoms with E-state index in [0.717, 1.165) is 24.4 Å². The number of hydrogen-bond acceptors (Lipinski definition) is 3. The Morgan fingerprint density at radius 3 is 2.03 bits per heavy atom. The van der Waals surface area contributed by atoms with E-state index in [1.54, 1.807) is 11.9 Å². The molecule has 5 rings (SSSR count). The van der Waals surface area contributed by atoms with E-state index in [0.29, 0.717) is 5.92 Å². The normalized spacial score (nSPS) is 11.3. The number of imidazole rings is 1. The van der Waals surface area contributed by atoms with Gasteiger partial charge in [0.25, 0.3) is 0 Å². The molecule has 0 unspecified atom stereocenters. The Morgan fingerprint density at radius 2 is 1.36 bits per heavy atom. The molecule has 0 spiro atoms. The first kappa shape index (κ1) is 21.5. The van der Waals surface area contributed by atoms with Gasteiger partial charge in [-0.2, -0.15) is 0 Å². The summed E-state index contributed by atoms with van der Waals surface area (Å²) in [7, 11) is 0. The fraction of sp³-hybridized carbons (Fsp3) is 0.138. The van der Waals surface area contributed by atoms with Gasteiger partial charge in [-0.05, 0) is 59.8 Å². The summed E-state index contributed by atoms with van der Waals surface area (Å²) in [6.07, 6.45) is 0. The molecule has 0 bridgehead atoms. The maximum absolute atomic E-state index is 4.68. The van der Waals surface area contributed by atoms with Crippen molar-refractivity contribution < 1.29 is 0 Å². The number of para-hydroxylation sites is 2. The van der Waals surface area contributed by atoms with Crippen LogP contribution in [-0.4, -0.2) is 16.1 Å². The lowest BCUT2D eigenvalue weighted by Gasteiger charge is -2.18. The van der Waals surface area contributed by atoms with Crippen molar-refractivity contribution in [2.75, 3.05) is 6.54 Å². The minimum absolute atomic E-state index is 0.316. The summed E-state index contributed by atoms with van der Waals surface area (Å²) in [4.78, 5) is 5.90. The van der Waals surface area contributed by atoms with Gasteiger partial charge in [0.05, 0.1) is 11.0 Å². The van der Waals surface area contributed by atoms with Gasteiger partial charge in [-0.15, -0.1) is 0 Å². The van der Waals surface area contributed by atoms with Gasteiger partial charge < -0.3 is 4.57 Å². The number of hydrogen-bond donors (Lipinski definition) is 1. The van der Waals surface area contributed by atoms with Gasteiger partial charge in [0.15, 0.2) is 0 Å². The lowest BCUT2D eigenvalue weighted by molar-refractivity contribution is 0.780. The standard InChI is InChI=1S/C29H27N3S/c1-22-31-28-14-8-9-15-29(28)32(22)21-23-16-18-26(19-17-23)33-30-20-27(24-10-4-2-5-11-24)25-12-6-3-7-13-25/h2-19,27,30H,20-21H2,1H3. The first-order valence-corrected chi connectivity index (χ1v) is 12.1. The molecular weight excluding hydrogens is 422 g/mol. The molecule has 1 aromatic heterocycles. The lowest BCUT2D eigenvalue weighted by Crippen LogP contribution is -2.16. The second-order valence-electron chi connectivity index (χ2n) is 8.20. The number of benzene rings is 4. The van der Waals surface area contributed by atoms with E-state index < -0.39 is 0 Å². The van der Waals surface area contributed by atoms with E-state index in [1.165, 1.54) is 27.1 Å². The summed E-state index contributed by atoms with van der Waals surface area (Å²) in [6.45, 7) is 3.76. The Morgan fingerprint density at radius 1 is 0.758 bits per heavy atom. The molecule has 0 saturated carbocycles. The van der Waals surface area contributed by atoms with Crippen molar-refractivity contribution in [3.63, 3.8) is 0 Å². The van der Waals surface area contributed by atoms with Crippen LogP contribution in [0.4, 0.5) is 0 Å². The maximum Gasteiger partial charge on any atom is 0.107 e. The Bertz CT molecular complexity index is 1270. The zero-order chi connectivity index (χ0) is 22.5. The topological polar surface area (TPSA) is 29.9 Å². The molecule has 0 fully saturated rings. The quantitative estimate of drug-likeness (QED) is 0.264. The highest BCUT2D eigenvalue weighted by atomic mass is 32.2. The van der Waals surface area contributed by atoms with E-state index in [4.69, 9.17) is 0 Å². The second kappa shape index (κ2) is 10.1. The number of rotatable bonds is 8. The smallest absolute Gasteiger partial charge is 0.107 e. The Kier molecular flexibility index (Phi) is 6.56. The van der Waals surface area contributed by atoms with Crippen molar-refractivity contribution in [3.05, 3.63) is 132 Å². The number of aryl methyl sites for hydroxylation is 1. The molecule has 1 heterocycles. The van der Waals surface area contributed by atoms with Crippen molar-refractivity contribution in [2.45, 2.75) is 24.3 Å². The van der Waals surface area contributed by atoms with E-state index in [9.17, 15) is 0 Å². The van der Waals surface area contributed by atoms with Crippen LogP contribution < -0.4 is 4.72 Å². The van der Waals surface area contributed by atoms with Crippen molar-refractivity contribution in [3.8, 4) is 0 Å². The molecule has 1 N–H and O–H groups in total. The molecule has 0 amide bonds. The van der Waals surface area contributed by atoms with Crippen LogP contribution >= 0.6 is 11.9 Å². The molecule has 0 saturated heterocycles. The van der Waals surface area contributed by atoms with Crippen LogP contribution in [0.3, 0.4) is 0 Å². The van der Waals surface area contributed by atoms with Crippen molar-refractivity contribution in [1.82, 2.24) is 14.3 Å². The van der Waals surface area contributed by atoms with Crippen LogP contribution in [-0.2, 0) is 6.54 Å². The highest BCUT2D eigenvalue weighted by Crippen LogP contribution is 2.26. The van der Waals surface area contributed by atoms with Crippen LogP contribution in [0, 0.1) is 6.92 Å². The van der Waals surface area contributed by atoms with Gasteiger partial charge in [0.1, 0.15) is 5.82 Å². The van der Waals surface area contributed by atoms with Gasteiger partial charge in [-0.25, -0.2) is 4.98 Å². The molecule has 0 atom stereocenters. The number of aromatic nitrogens is 2. The molecule has 3 nitrogen and oxygen atoms in total. The predicted molar refractivity (Wildman–Crippen MR) is 139 cm³/mol. The SMILES string of the molecule is Cc1nc2ccccc2n1Cc1ccc(SNCC(c2ccccc2)c2ccccc2)cc1. The third-order valence-corrected chi connectivity index (χ3v) is 6.81. The largest absolute Gasteiger partial charge is 0.324 e. The highest BCUT2D eigenvalue weighted by molar-refractivity contribution is 7.97. The van der Waals surface area contributed by atoms with Gasteiger partial charge in [0, 0.05) is 23.9 Å². The van der Waals surface area contributed by atoms with E-state index in [2.05, 4.69) is 124 Å². The van der Waals surface area contributed by atoms with E-state index >= 15 is 0 Å².